The van der Waals surface area contributed by atoms with Crippen LogP contribution in [-0.2, 0) is 4.79 Å². The molecule has 9 heteroatoms. The van der Waals surface area contributed by atoms with E-state index in [2.05, 4.69) is 15.2 Å². The number of nitrogens with zero attached hydrogens (tertiary/aromatic N) is 4. The topological polar surface area (TPSA) is 128 Å². The van der Waals surface area contributed by atoms with E-state index in [0.717, 1.165) is 0 Å². The largest absolute Gasteiger partial charge is 0.480 e. The Bertz CT molecular complexity index is 479. The lowest BCUT2D eigenvalue weighted by atomic mass is 10.2. The number of piperazine rings is 1. The lowest BCUT2D eigenvalue weighted by molar-refractivity contribution is -0.143. The van der Waals surface area contributed by atoms with Gasteiger partial charge < -0.3 is 15.7 Å². The number of carboxylic acid groups (broad SMARTS) is 1. The van der Waals surface area contributed by atoms with Gasteiger partial charge >= 0.3 is 5.97 Å². The first-order valence-electron chi connectivity index (χ1n) is 5.93. The highest BCUT2D eigenvalue weighted by atomic mass is 16.4. The second-order valence-corrected chi connectivity index (χ2v) is 4.38. The number of aromatic nitrogens is 3. The Morgan fingerprint density at radius 2 is 2.00 bits per heavy atom. The zero-order chi connectivity index (χ0) is 14.0. The Hall–Kier alpha value is -2.16. The number of aliphatic carboxylic acids is 1. The summed E-state index contributed by atoms with van der Waals surface area (Å²) in [4.78, 5) is 30.1. The minimum Gasteiger partial charge on any atom is -0.480 e. The smallest absolute Gasteiger partial charge is 0.320 e. The number of carbonyl (C=O) groups excluding carboxylic acids is 1. The van der Waals surface area contributed by atoms with Crippen molar-refractivity contribution in [2.75, 3.05) is 31.9 Å². The molecule has 0 bridgehead atoms. The van der Waals surface area contributed by atoms with Crippen molar-refractivity contribution in [1.29, 1.82) is 0 Å². The number of nitrogens with two attached hydrogens (primary N) is 1. The highest BCUT2D eigenvalue weighted by Gasteiger charge is 2.28. The van der Waals surface area contributed by atoms with Crippen LogP contribution < -0.4 is 5.73 Å². The monoisotopic (exact) mass is 268 g/mol. The van der Waals surface area contributed by atoms with Gasteiger partial charge in [-0.25, -0.2) is 0 Å². The van der Waals surface area contributed by atoms with Crippen LogP contribution in [0.25, 0.3) is 0 Å². The van der Waals surface area contributed by atoms with Crippen molar-refractivity contribution in [3.05, 3.63) is 5.82 Å². The molecule has 1 unspecified atom stereocenters. The van der Waals surface area contributed by atoms with Gasteiger partial charge in [0.25, 0.3) is 5.91 Å². The van der Waals surface area contributed by atoms with Crippen LogP contribution in [0.3, 0.4) is 0 Å². The van der Waals surface area contributed by atoms with Crippen molar-refractivity contribution >= 4 is 17.8 Å². The van der Waals surface area contributed by atoms with E-state index in [1.165, 1.54) is 0 Å². The number of aromatic amines is 1. The van der Waals surface area contributed by atoms with Crippen LogP contribution in [-0.4, -0.2) is 74.2 Å². The van der Waals surface area contributed by atoms with Gasteiger partial charge in [-0.05, 0) is 6.92 Å². The predicted octanol–water partition coefficient (Wildman–Crippen LogP) is -1.38. The van der Waals surface area contributed by atoms with Crippen LogP contribution in [0.5, 0.6) is 0 Å². The van der Waals surface area contributed by atoms with Crippen molar-refractivity contribution in [3.8, 4) is 0 Å². The predicted molar refractivity (Wildman–Crippen MR) is 65.4 cm³/mol. The third-order valence-corrected chi connectivity index (χ3v) is 3.21. The lowest BCUT2D eigenvalue weighted by Crippen LogP contribution is -2.53. The molecular weight excluding hydrogens is 252 g/mol. The average Bonchev–Trinajstić information content (AvgIpc) is 2.84. The summed E-state index contributed by atoms with van der Waals surface area (Å²) >= 11 is 0. The zero-order valence-corrected chi connectivity index (χ0v) is 10.5. The van der Waals surface area contributed by atoms with Gasteiger partial charge in [-0.15, -0.1) is 5.10 Å². The van der Waals surface area contributed by atoms with Crippen LogP contribution in [0, 0.1) is 0 Å². The van der Waals surface area contributed by atoms with Gasteiger partial charge in [0.2, 0.25) is 11.8 Å². The molecule has 9 nitrogen and oxygen atoms in total. The number of carboxylic acids is 1. The van der Waals surface area contributed by atoms with Gasteiger partial charge in [-0.1, -0.05) is 0 Å². The summed E-state index contributed by atoms with van der Waals surface area (Å²) in [6.07, 6.45) is 0. The minimum atomic E-state index is -0.859. The maximum absolute atomic E-state index is 12.0. The first-order valence-corrected chi connectivity index (χ1v) is 5.93. The van der Waals surface area contributed by atoms with E-state index in [0.29, 0.717) is 26.2 Å². The maximum atomic E-state index is 12.0. The molecule has 0 saturated carbocycles. The fraction of sp³-hybridized carbons (Fsp3) is 0.600. The van der Waals surface area contributed by atoms with E-state index in [1.807, 2.05) is 4.90 Å². The van der Waals surface area contributed by atoms with E-state index in [9.17, 15) is 9.59 Å². The molecule has 4 N–H and O–H groups in total. The summed E-state index contributed by atoms with van der Waals surface area (Å²) in [5.41, 5.74) is 5.34. The molecule has 1 aromatic rings. The molecule has 1 atom stereocenters. The Kier molecular flexibility index (Phi) is 3.65. The molecule has 0 radical (unpaired) electrons. The Morgan fingerprint density at radius 1 is 1.37 bits per heavy atom. The van der Waals surface area contributed by atoms with Gasteiger partial charge in [0, 0.05) is 26.2 Å². The number of carbonyl (C=O) groups is 2. The summed E-state index contributed by atoms with van der Waals surface area (Å²) in [6.45, 7) is 3.58. The van der Waals surface area contributed by atoms with Crippen molar-refractivity contribution in [3.63, 3.8) is 0 Å². The Morgan fingerprint density at radius 3 is 2.47 bits per heavy atom. The molecule has 1 aliphatic rings. The fourth-order valence-corrected chi connectivity index (χ4v) is 1.99. The summed E-state index contributed by atoms with van der Waals surface area (Å²) in [7, 11) is 0. The van der Waals surface area contributed by atoms with Crippen LogP contribution in [0.4, 0.5) is 5.95 Å². The number of rotatable bonds is 3. The number of hydrogen-bond acceptors (Lipinski definition) is 6. The van der Waals surface area contributed by atoms with Gasteiger partial charge in [0.05, 0.1) is 0 Å². The highest BCUT2D eigenvalue weighted by molar-refractivity contribution is 5.90. The van der Waals surface area contributed by atoms with Gasteiger partial charge in [-0.2, -0.15) is 4.98 Å². The van der Waals surface area contributed by atoms with Crippen molar-refractivity contribution in [2.24, 2.45) is 0 Å². The number of hydrogen-bond donors (Lipinski definition) is 3. The molecular formula is C10H16N6O3. The van der Waals surface area contributed by atoms with E-state index < -0.39 is 12.0 Å². The van der Waals surface area contributed by atoms with E-state index in [4.69, 9.17) is 10.8 Å². The number of nitrogen functional groups attached to an aromatic ring is 1. The molecule has 1 aromatic heterocycles. The standard InChI is InChI=1S/C10H16N6O3/c1-6(9(18)19)15-2-4-16(5-3-15)8(17)7-12-10(11)14-13-7/h6H,2-5H2,1H3,(H,18,19)(H3,11,12,13,14). The van der Waals surface area contributed by atoms with Crippen LogP contribution in [0.1, 0.15) is 17.5 Å². The van der Waals surface area contributed by atoms with Crippen LogP contribution >= 0.6 is 0 Å². The number of anilines is 1. The molecule has 1 fully saturated rings. The normalized spacial score (nSPS) is 18.3. The molecule has 19 heavy (non-hydrogen) atoms. The molecule has 0 spiro atoms. The summed E-state index contributed by atoms with van der Waals surface area (Å²) in [5, 5.41) is 15.0. The number of amides is 1. The highest BCUT2D eigenvalue weighted by Crippen LogP contribution is 2.09. The van der Waals surface area contributed by atoms with Crippen molar-refractivity contribution < 1.29 is 14.7 Å². The first kappa shape index (κ1) is 13.3. The fourth-order valence-electron chi connectivity index (χ4n) is 1.99. The molecule has 104 valence electrons. The quantitative estimate of drug-likeness (QED) is 0.616. The molecule has 0 aliphatic carbocycles. The Labute approximate surface area is 109 Å². The molecule has 1 aliphatic heterocycles. The summed E-state index contributed by atoms with van der Waals surface area (Å²) < 4.78 is 0. The van der Waals surface area contributed by atoms with Crippen LogP contribution in [0.2, 0.25) is 0 Å². The number of nitrogens with one attached hydrogen (secondary N) is 1. The molecule has 1 saturated heterocycles. The van der Waals surface area contributed by atoms with Crippen LogP contribution in [0.15, 0.2) is 0 Å². The minimum absolute atomic E-state index is 0.0292. The van der Waals surface area contributed by atoms with Gasteiger partial charge in [0.15, 0.2) is 0 Å². The molecule has 1 amide bonds. The average molecular weight is 268 g/mol. The van der Waals surface area contributed by atoms with Crippen molar-refractivity contribution in [1.82, 2.24) is 25.0 Å². The summed E-state index contributed by atoms with van der Waals surface area (Å²) in [6, 6.07) is -0.543. The van der Waals surface area contributed by atoms with Gasteiger partial charge in [-0.3, -0.25) is 19.6 Å². The zero-order valence-electron chi connectivity index (χ0n) is 10.5. The first-order chi connectivity index (χ1) is 8.99. The lowest BCUT2D eigenvalue weighted by Gasteiger charge is -2.36. The molecule has 2 heterocycles. The summed E-state index contributed by atoms with van der Waals surface area (Å²) in [5.74, 6) is -0.992. The third-order valence-electron chi connectivity index (χ3n) is 3.21. The van der Waals surface area contributed by atoms with E-state index in [1.54, 1.807) is 11.8 Å². The maximum Gasteiger partial charge on any atom is 0.320 e. The second-order valence-electron chi connectivity index (χ2n) is 4.38. The Balaban J connectivity index is 1.93. The van der Waals surface area contributed by atoms with Gasteiger partial charge in [0.1, 0.15) is 6.04 Å². The van der Waals surface area contributed by atoms with E-state index >= 15 is 0 Å². The molecule has 0 aromatic carbocycles. The SMILES string of the molecule is CC(C(=O)O)N1CCN(C(=O)c2nc(N)n[nH]2)CC1. The van der Waals surface area contributed by atoms with Crippen molar-refractivity contribution in [2.45, 2.75) is 13.0 Å². The number of H-pyrrole nitrogens is 1. The van der Waals surface area contributed by atoms with E-state index in [-0.39, 0.29) is 17.7 Å². The third kappa shape index (κ3) is 2.81. The molecule has 2 rings (SSSR count). The second kappa shape index (κ2) is 5.22.